The van der Waals surface area contributed by atoms with Gasteiger partial charge in [-0.05, 0) is 31.8 Å². The molecule has 7 nitrogen and oxygen atoms in total. The third-order valence-corrected chi connectivity index (χ3v) is 6.42. The SMILES string of the molecule is C=CC(=O)CC1O[C@H]2CC[C@H](CC(=O)OC)OC2C2OC3(CCCCC3)O[C@H]12. The molecule has 6 atom stereocenters. The molecular formula is C21H30O7. The maximum Gasteiger partial charge on any atom is 0.308 e. The summed E-state index contributed by atoms with van der Waals surface area (Å²) in [4.78, 5) is 23.7. The van der Waals surface area contributed by atoms with Crippen LogP contribution in [0.3, 0.4) is 0 Å². The van der Waals surface area contributed by atoms with Crippen LogP contribution in [0.4, 0.5) is 0 Å². The fourth-order valence-corrected chi connectivity index (χ4v) is 5.02. The lowest BCUT2D eigenvalue weighted by Gasteiger charge is -2.46. The molecule has 0 amide bonds. The van der Waals surface area contributed by atoms with Gasteiger partial charge in [-0.2, -0.15) is 0 Å². The molecular weight excluding hydrogens is 364 g/mol. The van der Waals surface area contributed by atoms with Crippen molar-refractivity contribution in [2.45, 2.75) is 100 Å². The summed E-state index contributed by atoms with van der Waals surface area (Å²) in [5, 5.41) is 0. The lowest BCUT2D eigenvalue weighted by molar-refractivity contribution is -0.240. The molecule has 4 fully saturated rings. The molecule has 156 valence electrons. The van der Waals surface area contributed by atoms with E-state index in [9.17, 15) is 9.59 Å². The number of carbonyl (C=O) groups excluding carboxylic acids is 2. The zero-order valence-corrected chi connectivity index (χ0v) is 16.5. The molecule has 3 saturated heterocycles. The molecule has 0 aromatic rings. The summed E-state index contributed by atoms with van der Waals surface area (Å²) in [6.45, 7) is 3.58. The first-order valence-electron chi connectivity index (χ1n) is 10.4. The summed E-state index contributed by atoms with van der Waals surface area (Å²) in [6.07, 6.45) is 6.60. The van der Waals surface area contributed by atoms with Gasteiger partial charge in [0.1, 0.15) is 18.3 Å². The third kappa shape index (κ3) is 3.90. The van der Waals surface area contributed by atoms with Gasteiger partial charge in [-0.1, -0.05) is 13.0 Å². The first-order valence-corrected chi connectivity index (χ1v) is 10.4. The summed E-state index contributed by atoms with van der Waals surface area (Å²) in [7, 11) is 1.38. The summed E-state index contributed by atoms with van der Waals surface area (Å²) < 4.78 is 30.3. The lowest BCUT2D eigenvalue weighted by atomic mass is 9.87. The highest BCUT2D eigenvalue weighted by atomic mass is 16.8. The second-order valence-electron chi connectivity index (χ2n) is 8.30. The van der Waals surface area contributed by atoms with Crippen molar-refractivity contribution in [2.75, 3.05) is 7.11 Å². The Morgan fingerprint density at radius 2 is 1.79 bits per heavy atom. The van der Waals surface area contributed by atoms with Crippen LogP contribution in [0.15, 0.2) is 12.7 Å². The topological polar surface area (TPSA) is 80.3 Å². The third-order valence-electron chi connectivity index (χ3n) is 6.42. The van der Waals surface area contributed by atoms with E-state index >= 15 is 0 Å². The molecule has 28 heavy (non-hydrogen) atoms. The number of methoxy groups -OCH3 is 1. The Morgan fingerprint density at radius 1 is 1.04 bits per heavy atom. The van der Waals surface area contributed by atoms with E-state index in [1.165, 1.54) is 19.6 Å². The van der Waals surface area contributed by atoms with Crippen molar-refractivity contribution in [3.05, 3.63) is 12.7 Å². The molecule has 1 spiro atoms. The van der Waals surface area contributed by atoms with Gasteiger partial charge in [-0.25, -0.2) is 0 Å². The van der Waals surface area contributed by atoms with Crippen molar-refractivity contribution in [1.82, 2.24) is 0 Å². The van der Waals surface area contributed by atoms with Gasteiger partial charge >= 0.3 is 5.97 Å². The molecule has 0 N–H and O–H groups in total. The Labute approximate surface area is 165 Å². The van der Waals surface area contributed by atoms with Crippen LogP contribution < -0.4 is 0 Å². The predicted molar refractivity (Wildman–Crippen MR) is 98.6 cm³/mol. The highest BCUT2D eigenvalue weighted by molar-refractivity contribution is 5.89. The summed E-state index contributed by atoms with van der Waals surface area (Å²) in [6, 6.07) is 0. The van der Waals surface area contributed by atoms with Crippen LogP contribution in [0.5, 0.6) is 0 Å². The van der Waals surface area contributed by atoms with Crippen molar-refractivity contribution in [3.63, 3.8) is 0 Å². The minimum Gasteiger partial charge on any atom is -0.469 e. The molecule has 1 saturated carbocycles. The lowest BCUT2D eigenvalue weighted by Crippen LogP contribution is -2.60. The van der Waals surface area contributed by atoms with Gasteiger partial charge in [0, 0.05) is 19.3 Å². The van der Waals surface area contributed by atoms with Crippen LogP contribution in [0.25, 0.3) is 0 Å². The minimum atomic E-state index is -0.597. The van der Waals surface area contributed by atoms with Crippen LogP contribution in [-0.2, 0) is 33.3 Å². The number of ketones is 1. The van der Waals surface area contributed by atoms with E-state index in [0.29, 0.717) is 6.42 Å². The Balaban J connectivity index is 1.53. The first-order chi connectivity index (χ1) is 13.5. The van der Waals surface area contributed by atoms with E-state index in [1.807, 2.05) is 0 Å². The molecule has 3 aliphatic heterocycles. The molecule has 4 rings (SSSR count). The predicted octanol–water partition coefficient (Wildman–Crippen LogP) is 2.45. The first kappa shape index (κ1) is 20.0. The van der Waals surface area contributed by atoms with E-state index in [0.717, 1.165) is 32.1 Å². The van der Waals surface area contributed by atoms with E-state index in [1.54, 1.807) is 0 Å². The molecule has 0 radical (unpaired) electrons. The summed E-state index contributed by atoms with van der Waals surface area (Å²) >= 11 is 0. The normalized spacial score (nSPS) is 39.0. The van der Waals surface area contributed by atoms with Crippen LogP contribution in [0, 0.1) is 0 Å². The van der Waals surface area contributed by atoms with E-state index in [2.05, 4.69) is 6.58 Å². The number of fused-ring (bicyclic) bond motifs is 3. The quantitative estimate of drug-likeness (QED) is 0.523. The van der Waals surface area contributed by atoms with Crippen molar-refractivity contribution in [3.8, 4) is 0 Å². The zero-order chi connectivity index (χ0) is 19.7. The van der Waals surface area contributed by atoms with Gasteiger partial charge in [0.2, 0.25) is 0 Å². The van der Waals surface area contributed by atoms with Crippen LogP contribution in [0.1, 0.15) is 57.8 Å². The van der Waals surface area contributed by atoms with Crippen molar-refractivity contribution in [1.29, 1.82) is 0 Å². The van der Waals surface area contributed by atoms with Gasteiger partial charge in [0.15, 0.2) is 11.6 Å². The van der Waals surface area contributed by atoms with Gasteiger partial charge in [-0.15, -0.1) is 0 Å². The Kier molecular flexibility index (Phi) is 5.88. The second kappa shape index (κ2) is 8.22. The van der Waals surface area contributed by atoms with Crippen LogP contribution in [-0.4, -0.2) is 61.3 Å². The van der Waals surface area contributed by atoms with Crippen molar-refractivity contribution in [2.24, 2.45) is 0 Å². The van der Waals surface area contributed by atoms with Gasteiger partial charge in [0.25, 0.3) is 0 Å². The number of allylic oxidation sites excluding steroid dienone is 1. The molecule has 0 aromatic carbocycles. The van der Waals surface area contributed by atoms with Gasteiger partial charge < -0.3 is 23.7 Å². The molecule has 0 bridgehead atoms. The van der Waals surface area contributed by atoms with E-state index in [4.69, 9.17) is 23.7 Å². The van der Waals surface area contributed by atoms with Crippen LogP contribution in [0.2, 0.25) is 0 Å². The zero-order valence-electron chi connectivity index (χ0n) is 16.5. The standard InChI is InChI=1S/C21H30O7/c1-3-13(22)11-16-19-20(28-21(27-19)9-5-4-6-10-21)18-15(26-16)8-7-14(25-18)12-17(23)24-2/h3,14-16,18-20H,1,4-12H2,2H3/t14-,15+,16?,18?,19-,20?/m1/s1. The molecule has 3 heterocycles. The molecule has 3 unspecified atom stereocenters. The number of esters is 1. The average Bonchev–Trinajstić information content (AvgIpc) is 3.07. The second-order valence-corrected chi connectivity index (χ2v) is 8.30. The highest BCUT2D eigenvalue weighted by Crippen LogP contribution is 2.47. The van der Waals surface area contributed by atoms with Crippen molar-refractivity contribution >= 4 is 11.8 Å². The van der Waals surface area contributed by atoms with E-state index in [-0.39, 0.29) is 61.2 Å². The monoisotopic (exact) mass is 394 g/mol. The Bertz CT molecular complexity index is 612. The fraction of sp³-hybridized carbons (Fsp3) is 0.810. The number of carbonyl (C=O) groups is 2. The van der Waals surface area contributed by atoms with Crippen LogP contribution >= 0.6 is 0 Å². The fourth-order valence-electron chi connectivity index (χ4n) is 5.02. The number of ether oxygens (including phenoxy) is 5. The number of hydrogen-bond donors (Lipinski definition) is 0. The highest BCUT2D eigenvalue weighted by Gasteiger charge is 2.59. The molecule has 4 aliphatic rings. The van der Waals surface area contributed by atoms with Gasteiger partial charge in [-0.3, -0.25) is 9.59 Å². The minimum absolute atomic E-state index is 0.0595. The maximum atomic E-state index is 12.0. The summed E-state index contributed by atoms with van der Waals surface area (Å²) in [5.41, 5.74) is 0. The average molecular weight is 394 g/mol. The Morgan fingerprint density at radius 3 is 2.50 bits per heavy atom. The molecule has 0 aromatic heterocycles. The Hall–Kier alpha value is -1.28. The van der Waals surface area contributed by atoms with E-state index < -0.39 is 5.79 Å². The van der Waals surface area contributed by atoms with Gasteiger partial charge in [0.05, 0.1) is 31.8 Å². The molecule has 7 heteroatoms. The smallest absolute Gasteiger partial charge is 0.308 e. The van der Waals surface area contributed by atoms with Crippen molar-refractivity contribution < 1.29 is 33.3 Å². The molecule has 1 aliphatic carbocycles. The summed E-state index contributed by atoms with van der Waals surface area (Å²) in [5.74, 6) is -0.936. The largest absolute Gasteiger partial charge is 0.469 e. The maximum absolute atomic E-state index is 12.0. The number of hydrogen-bond acceptors (Lipinski definition) is 7. The number of rotatable bonds is 5.